The first-order valence-electron chi connectivity index (χ1n) is 6.21. The molecular formula is C11H19NO4S. The highest BCUT2D eigenvalue weighted by Crippen LogP contribution is 2.55. The van der Waals surface area contributed by atoms with E-state index in [1.165, 1.54) is 7.11 Å². The minimum absolute atomic E-state index is 0.0246. The van der Waals surface area contributed by atoms with Crippen LogP contribution in [0.25, 0.3) is 0 Å². The Kier molecular flexibility index (Phi) is 2.74. The van der Waals surface area contributed by atoms with Crippen LogP contribution in [0.2, 0.25) is 0 Å². The summed E-state index contributed by atoms with van der Waals surface area (Å²) in [4.78, 5) is 0. The molecule has 0 radical (unpaired) electrons. The summed E-state index contributed by atoms with van der Waals surface area (Å²) in [6, 6.07) is -0.152. The largest absolute Gasteiger partial charge is 0.391 e. The van der Waals surface area contributed by atoms with E-state index >= 15 is 0 Å². The third kappa shape index (κ3) is 1.65. The maximum absolute atomic E-state index is 12.2. The average molecular weight is 261 g/mol. The Hall–Kier alpha value is -0.170. The molecule has 0 spiro atoms. The number of hydrogen-bond donors (Lipinski definition) is 1. The van der Waals surface area contributed by atoms with Crippen LogP contribution in [0.3, 0.4) is 0 Å². The van der Waals surface area contributed by atoms with Gasteiger partial charge in [-0.05, 0) is 30.6 Å². The minimum atomic E-state index is -3.27. The molecule has 3 aliphatic rings. The first kappa shape index (κ1) is 11.9. The Morgan fingerprint density at radius 2 is 2.12 bits per heavy atom. The molecule has 2 saturated carbocycles. The predicted molar refractivity (Wildman–Crippen MR) is 61.9 cm³/mol. The second kappa shape index (κ2) is 3.91. The molecule has 1 N–H and O–H groups in total. The fourth-order valence-electron chi connectivity index (χ4n) is 3.98. The first-order chi connectivity index (χ1) is 8.04. The van der Waals surface area contributed by atoms with E-state index in [-0.39, 0.29) is 18.4 Å². The van der Waals surface area contributed by atoms with Crippen LogP contribution in [0.4, 0.5) is 0 Å². The maximum Gasteiger partial charge on any atom is 0.216 e. The molecule has 98 valence electrons. The summed E-state index contributed by atoms with van der Waals surface area (Å²) in [7, 11) is -1.76. The van der Waals surface area contributed by atoms with Gasteiger partial charge in [0.05, 0.1) is 24.5 Å². The van der Waals surface area contributed by atoms with Crippen LogP contribution >= 0.6 is 0 Å². The summed E-state index contributed by atoms with van der Waals surface area (Å²) in [5, 5.41) is 10.1. The van der Waals surface area contributed by atoms with Crippen LogP contribution in [0.1, 0.15) is 12.8 Å². The topological polar surface area (TPSA) is 66.8 Å². The lowest BCUT2D eigenvalue weighted by Gasteiger charge is -2.28. The summed E-state index contributed by atoms with van der Waals surface area (Å²) >= 11 is 0. The van der Waals surface area contributed by atoms with Crippen molar-refractivity contribution in [1.82, 2.24) is 4.31 Å². The summed E-state index contributed by atoms with van der Waals surface area (Å²) in [5.41, 5.74) is 0. The van der Waals surface area contributed by atoms with Crippen molar-refractivity contribution in [3.8, 4) is 0 Å². The lowest BCUT2D eigenvalue weighted by atomic mass is 9.88. The third-order valence-electron chi connectivity index (χ3n) is 4.71. The molecule has 1 aliphatic heterocycles. The van der Waals surface area contributed by atoms with Gasteiger partial charge in [0.2, 0.25) is 10.0 Å². The van der Waals surface area contributed by atoms with E-state index < -0.39 is 16.1 Å². The Labute approximate surface area is 102 Å². The van der Waals surface area contributed by atoms with Gasteiger partial charge in [-0.15, -0.1) is 0 Å². The van der Waals surface area contributed by atoms with E-state index in [4.69, 9.17) is 4.74 Å². The molecule has 2 aliphatic carbocycles. The Balaban J connectivity index is 1.82. The van der Waals surface area contributed by atoms with Gasteiger partial charge in [0.15, 0.2) is 0 Å². The molecule has 1 heterocycles. The molecule has 0 aromatic heterocycles. The number of ether oxygens (including phenoxy) is 1. The molecule has 5 nitrogen and oxygen atoms in total. The predicted octanol–water partition coefficient (Wildman–Crippen LogP) is -0.336. The van der Waals surface area contributed by atoms with Crippen LogP contribution < -0.4 is 0 Å². The number of fused-ring (bicyclic) bond motifs is 1. The Morgan fingerprint density at radius 1 is 1.35 bits per heavy atom. The standard InChI is InChI=1S/C11H19NO4S/c1-16-2-3-17(14,15)12-6-8-4-7-5-9(8)10(12)11(7)13/h7-11,13H,2-6H2,1H3. The minimum Gasteiger partial charge on any atom is -0.391 e. The normalized spacial score (nSPS) is 44.7. The van der Waals surface area contributed by atoms with Crippen LogP contribution in [0.15, 0.2) is 0 Å². The van der Waals surface area contributed by atoms with Gasteiger partial charge in [0.25, 0.3) is 0 Å². The maximum atomic E-state index is 12.2. The average Bonchev–Trinajstić information content (AvgIpc) is 2.86. The van der Waals surface area contributed by atoms with Crippen molar-refractivity contribution >= 4 is 10.0 Å². The Morgan fingerprint density at radius 3 is 2.76 bits per heavy atom. The molecule has 6 heteroatoms. The highest BCUT2D eigenvalue weighted by Gasteiger charge is 2.61. The van der Waals surface area contributed by atoms with Gasteiger partial charge in [-0.3, -0.25) is 0 Å². The molecule has 0 aromatic carbocycles. The van der Waals surface area contributed by atoms with Gasteiger partial charge in [0, 0.05) is 13.7 Å². The van der Waals surface area contributed by atoms with Crippen LogP contribution in [0.5, 0.6) is 0 Å². The molecule has 2 bridgehead atoms. The van der Waals surface area contributed by atoms with Crippen LogP contribution in [-0.4, -0.2) is 56.0 Å². The lowest BCUT2D eigenvalue weighted by Crippen LogP contribution is -2.45. The molecule has 3 fully saturated rings. The number of nitrogens with zero attached hydrogens (tertiary/aromatic N) is 1. The van der Waals surface area contributed by atoms with E-state index in [0.717, 1.165) is 12.8 Å². The van der Waals surface area contributed by atoms with E-state index in [2.05, 4.69) is 0 Å². The van der Waals surface area contributed by atoms with Crippen molar-refractivity contribution in [2.45, 2.75) is 25.0 Å². The van der Waals surface area contributed by atoms with Gasteiger partial charge in [0.1, 0.15) is 0 Å². The number of sulfonamides is 1. The third-order valence-corrected chi connectivity index (χ3v) is 6.50. The van der Waals surface area contributed by atoms with Crippen molar-refractivity contribution < 1.29 is 18.3 Å². The molecule has 5 atom stereocenters. The van der Waals surface area contributed by atoms with Crippen molar-refractivity contribution in [3.05, 3.63) is 0 Å². The van der Waals surface area contributed by atoms with Crippen molar-refractivity contribution in [3.63, 3.8) is 0 Å². The van der Waals surface area contributed by atoms with Gasteiger partial charge in [-0.1, -0.05) is 0 Å². The zero-order valence-corrected chi connectivity index (χ0v) is 10.8. The van der Waals surface area contributed by atoms with Gasteiger partial charge in [-0.2, -0.15) is 4.31 Å². The molecule has 5 unspecified atom stereocenters. The molecule has 0 aromatic rings. The second-order valence-electron chi connectivity index (χ2n) is 5.52. The van der Waals surface area contributed by atoms with Crippen molar-refractivity contribution in [1.29, 1.82) is 0 Å². The zero-order chi connectivity index (χ0) is 12.2. The molecule has 1 saturated heterocycles. The first-order valence-corrected chi connectivity index (χ1v) is 7.82. The molecule has 0 amide bonds. The quantitative estimate of drug-likeness (QED) is 0.752. The van der Waals surface area contributed by atoms with Gasteiger partial charge < -0.3 is 9.84 Å². The van der Waals surface area contributed by atoms with Gasteiger partial charge in [-0.25, -0.2) is 8.42 Å². The summed E-state index contributed by atoms with van der Waals surface area (Å²) in [6.07, 6.45) is 1.56. The molecule has 17 heavy (non-hydrogen) atoms. The number of rotatable bonds is 4. The summed E-state index contributed by atoms with van der Waals surface area (Å²) in [6.45, 7) is 0.829. The molecule has 3 rings (SSSR count). The highest BCUT2D eigenvalue weighted by atomic mass is 32.2. The van der Waals surface area contributed by atoms with Crippen LogP contribution in [-0.2, 0) is 14.8 Å². The fourth-order valence-corrected chi connectivity index (χ4v) is 5.67. The molecular weight excluding hydrogens is 242 g/mol. The fraction of sp³-hybridized carbons (Fsp3) is 1.00. The van der Waals surface area contributed by atoms with Crippen LogP contribution in [0, 0.1) is 17.8 Å². The summed E-state index contributed by atoms with van der Waals surface area (Å²) < 4.78 is 30.8. The van der Waals surface area contributed by atoms with Gasteiger partial charge >= 0.3 is 0 Å². The van der Waals surface area contributed by atoms with Crippen molar-refractivity contribution in [2.24, 2.45) is 17.8 Å². The number of hydrogen-bond acceptors (Lipinski definition) is 4. The number of aliphatic hydroxyl groups excluding tert-OH is 1. The van der Waals surface area contributed by atoms with E-state index in [9.17, 15) is 13.5 Å². The number of methoxy groups -OCH3 is 1. The van der Waals surface area contributed by atoms with E-state index in [1.807, 2.05) is 0 Å². The highest BCUT2D eigenvalue weighted by molar-refractivity contribution is 7.89. The lowest BCUT2D eigenvalue weighted by molar-refractivity contribution is 0.0729. The zero-order valence-electron chi connectivity index (χ0n) is 9.95. The number of aliphatic hydroxyl groups is 1. The second-order valence-corrected chi connectivity index (χ2v) is 7.56. The van der Waals surface area contributed by atoms with E-state index in [1.54, 1.807) is 4.31 Å². The monoisotopic (exact) mass is 261 g/mol. The van der Waals surface area contributed by atoms with Crippen molar-refractivity contribution in [2.75, 3.05) is 26.0 Å². The Bertz CT molecular complexity index is 408. The smallest absolute Gasteiger partial charge is 0.216 e. The summed E-state index contributed by atoms with van der Waals surface area (Å²) in [5.74, 6) is 1.23. The van der Waals surface area contributed by atoms with E-state index in [0.29, 0.717) is 24.3 Å². The SMILES string of the molecule is COCCS(=O)(=O)N1CC2CC3CC2C1C3O.